The monoisotopic (exact) mass is 290 g/mol. The molecular weight excluding hydrogens is 264 g/mol. The highest BCUT2D eigenvalue weighted by Crippen LogP contribution is 2.17. The fourth-order valence-corrected chi connectivity index (χ4v) is 4.49. The van der Waals surface area contributed by atoms with E-state index in [2.05, 4.69) is 11.8 Å². The number of nitrogens with zero attached hydrogens (tertiary/aromatic N) is 2. The Morgan fingerprint density at radius 3 is 2.47 bits per heavy atom. The fraction of sp³-hybridized carbons (Fsp3) is 1.00. The van der Waals surface area contributed by atoms with Crippen LogP contribution in [0.5, 0.6) is 0 Å². The summed E-state index contributed by atoms with van der Waals surface area (Å²) in [5.74, 6) is 0.167. The molecular formula is C13H26N2O3S. The summed E-state index contributed by atoms with van der Waals surface area (Å²) < 4.78 is 31.9. The van der Waals surface area contributed by atoms with Gasteiger partial charge in [-0.1, -0.05) is 6.92 Å². The number of rotatable bonds is 5. The Labute approximate surface area is 117 Å². The molecule has 2 rings (SSSR count). The highest BCUT2D eigenvalue weighted by atomic mass is 32.2. The van der Waals surface area contributed by atoms with Gasteiger partial charge in [-0.15, -0.1) is 0 Å². The molecule has 5 nitrogen and oxygen atoms in total. The lowest BCUT2D eigenvalue weighted by Gasteiger charge is -2.34. The van der Waals surface area contributed by atoms with Crippen molar-refractivity contribution in [2.45, 2.75) is 38.7 Å². The van der Waals surface area contributed by atoms with Crippen molar-refractivity contribution in [1.82, 2.24) is 9.21 Å². The van der Waals surface area contributed by atoms with Gasteiger partial charge in [-0.2, -0.15) is 4.31 Å². The van der Waals surface area contributed by atoms with E-state index in [1.54, 1.807) is 4.31 Å². The molecule has 0 unspecified atom stereocenters. The highest BCUT2D eigenvalue weighted by Gasteiger charge is 2.30. The molecule has 2 fully saturated rings. The van der Waals surface area contributed by atoms with E-state index in [-0.39, 0.29) is 11.9 Å². The van der Waals surface area contributed by atoms with Crippen LogP contribution in [0.15, 0.2) is 0 Å². The van der Waals surface area contributed by atoms with E-state index in [0.717, 1.165) is 45.3 Å². The van der Waals surface area contributed by atoms with Gasteiger partial charge >= 0.3 is 0 Å². The van der Waals surface area contributed by atoms with Gasteiger partial charge in [-0.3, -0.25) is 0 Å². The standard InChI is InChI=1S/C13H26N2O3S/c1-2-6-14-7-9-15(10-8-14)19(16,17)12-13-5-3-4-11-18-13/h13H,2-12H2,1H3/t13-/m0/s1. The molecule has 2 saturated heterocycles. The summed E-state index contributed by atoms with van der Waals surface area (Å²) in [5.41, 5.74) is 0. The summed E-state index contributed by atoms with van der Waals surface area (Å²) in [6, 6.07) is 0. The molecule has 19 heavy (non-hydrogen) atoms. The summed E-state index contributed by atoms with van der Waals surface area (Å²) in [6.45, 7) is 6.93. The minimum absolute atomic E-state index is 0.0904. The SMILES string of the molecule is CCCN1CCN(S(=O)(=O)C[C@@H]2CCCCO2)CC1. The van der Waals surface area contributed by atoms with E-state index in [1.165, 1.54) is 0 Å². The summed E-state index contributed by atoms with van der Waals surface area (Å²) in [7, 11) is -3.14. The molecule has 0 amide bonds. The Balaban J connectivity index is 1.83. The van der Waals surface area contributed by atoms with E-state index in [1.807, 2.05) is 0 Å². The van der Waals surface area contributed by atoms with Crippen molar-refractivity contribution in [3.05, 3.63) is 0 Å². The van der Waals surface area contributed by atoms with Crippen LogP contribution in [-0.2, 0) is 14.8 Å². The van der Waals surface area contributed by atoms with Gasteiger partial charge in [0, 0.05) is 32.8 Å². The highest BCUT2D eigenvalue weighted by molar-refractivity contribution is 7.89. The van der Waals surface area contributed by atoms with E-state index in [4.69, 9.17) is 4.74 Å². The van der Waals surface area contributed by atoms with Gasteiger partial charge in [0.1, 0.15) is 0 Å². The van der Waals surface area contributed by atoms with Gasteiger partial charge in [0.05, 0.1) is 11.9 Å². The van der Waals surface area contributed by atoms with Crippen molar-refractivity contribution in [2.24, 2.45) is 0 Å². The first-order valence-corrected chi connectivity index (χ1v) is 9.04. The molecule has 0 N–H and O–H groups in total. The molecule has 2 aliphatic heterocycles. The molecule has 0 radical (unpaired) electrons. The van der Waals surface area contributed by atoms with E-state index >= 15 is 0 Å². The Morgan fingerprint density at radius 2 is 1.89 bits per heavy atom. The average molecular weight is 290 g/mol. The quantitative estimate of drug-likeness (QED) is 0.755. The van der Waals surface area contributed by atoms with Crippen molar-refractivity contribution in [3.8, 4) is 0 Å². The number of hydrogen-bond acceptors (Lipinski definition) is 4. The molecule has 6 heteroatoms. The predicted octanol–water partition coefficient (Wildman–Crippen LogP) is 0.913. The molecule has 0 spiro atoms. The van der Waals surface area contributed by atoms with Crippen LogP contribution in [-0.4, -0.2) is 68.8 Å². The minimum Gasteiger partial charge on any atom is -0.377 e. The van der Waals surface area contributed by atoms with Crippen LogP contribution in [0, 0.1) is 0 Å². The van der Waals surface area contributed by atoms with Gasteiger partial charge in [0.15, 0.2) is 0 Å². The van der Waals surface area contributed by atoms with Crippen LogP contribution in [0.3, 0.4) is 0 Å². The maximum atomic E-state index is 12.3. The lowest BCUT2D eigenvalue weighted by Crippen LogP contribution is -2.50. The third-order valence-corrected chi connectivity index (χ3v) is 5.88. The van der Waals surface area contributed by atoms with Crippen LogP contribution >= 0.6 is 0 Å². The smallest absolute Gasteiger partial charge is 0.216 e. The van der Waals surface area contributed by atoms with Crippen LogP contribution in [0.2, 0.25) is 0 Å². The van der Waals surface area contributed by atoms with E-state index in [9.17, 15) is 8.42 Å². The van der Waals surface area contributed by atoms with Crippen molar-refractivity contribution >= 4 is 10.0 Å². The predicted molar refractivity (Wildman–Crippen MR) is 75.7 cm³/mol. The lowest BCUT2D eigenvalue weighted by molar-refractivity contribution is 0.0296. The molecule has 2 aliphatic rings. The Bertz CT molecular complexity index is 358. The molecule has 0 aromatic heterocycles. The lowest BCUT2D eigenvalue weighted by atomic mass is 10.1. The summed E-state index contributed by atoms with van der Waals surface area (Å²) in [5, 5.41) is 0. The molecule has 0 aliphatic carbocycles. The molecule has 2 heterocycles. The second-order valence-corrected chi connectivity index (χ2v) is 7.52. The van der Waals surface area contributed by atoms with Gasteiger partial charge in [0.25, 0.3) is 0 Å². The van der Waals surface area contributed by atoms with E-state index < -0.39 is 10.0 Å². The normalized spacial score (nSPS) is 27.5. The van der Waals surface area contributed by atoms with Gasteiger partial charge in [-0.25, -0.2) is 8.42 Å². The largest absolute Gasteiger partial charge is 0.377 e. The number of sulfonamides is 1. The number of ether oxygens (including phenoxy) is 1. The first-order chi connectivity index (χ1) is 9.12. The topological polar surface area (TPSA) is 49.9 Å². The number of hydrogen-bond donors (Lipinski definition) is 0. The first-order valence-electron chi connectivity index (χ1n) is 7.43. The zero-order chi connectivity index (χ0) is 13.7. The fourth-order valence-electron chi connectivity index (χ4n) is 2.83. The summed E-state index contributed by atoms with van der Waals surface area (Å²) >= 11 is 0. The van der Waals surface area contributed by atoms with Crippen LogP contribution in [0.4, 0.5) is 0 Å². The van der Waals surface area contributed by atoms with Crippen molar-refractivity contribution in [2.75, 3.05) is 45.1 Å². The first kappa shape index (κ1) is 15.2. The second kappa shape index (κ2) is 7.02. The Morgan fingerprint density at radius 1 is 1.16 bits per heavy atom. The molecule has 112 valence electrons. The molecule has 0 bridgehead atoms. The van der Waals surface area contributed by atoms with Crippen molar-refractivity contribution in [1.29, 1.82) is 0 Å². The maximum Gasteiger partial charge on any atom is 0.216 e. The van der Waals surface area contributed by atoms with Gasteiger partial charge in [-0.05, 0) is 32.2 Å². The van der Waals surface area contributed by atoms with Crippen molar-refractivity contribution < 1.29 is 13.2 Å². The molecule has 1 atom stereocenters. The van der Waals surface area contributed by atoms with Crippen LogP contribution in [0.1, 0.15) is 32.6 Å². The van der Waals surface area contributed by atoms with Gasteiger partial charge in [0.2, 0.25) is 10.0 Å². The summed E-state index contributed by atoms with van der Waals surface area (Å²) in [6.07, 6.45) is 4.07. The summed E-state index contributed by atoms with van der Waals surface area (Å²) in [4.78, 5) is 2.34. The third kappa shape index (κ3) is 4.41. The zero-order valence-corrected chi connectivity index (χ0v) is 12.7. The van der Waals surface area contributed by atoms with Crippen LogP contribution < -0.4 is 0 Å². The van der Waals surface area contributed by atoms with Gasteiger partial charge < -0.3 is 9.64 Å². The molecule has 0 aromatic carbocycles. The third-order valence-electron chi connectivity index (χ3n) is 3.93. The molecule has 0 aromatic rings. The Kier molecular flexibility index (Phi) is 5.62. The minimum atomic E-state index is -3.14. The second-order valence-electron chi connectivity index (χ2n) is 5.51. The van der Waals surface area contributed by atoms with Crippen molar-refractivity contribution in [3.63, 3.8) is 0 Å². The average Bonchev–Trinajstić information content (AvgIpc) is 2.40. The zero-order valence-electron chi connectivity index (χ0n) is 11.9. The van der Waals surface area contributed by atoms with Crippen LogP contribution in [0.25, 0.3) is 0 Å². The maximum absolute atomic E-state index is 12.3. The van der Waals surface area contributed by atoms with E-state index in [0.29, 0.717) is 19.7 Å². The number of piperazine rings is 1. The Hall–Kier alpha value is -0.170. The molecule has 0 saturated carbocycles.